The van der Waals surface area contributed by atoms with Crippen molar-refractivity contribution in [1.29, 1.82) is 0 Å². The molecule has 0 saturated heterocycles. The molecule has 20 heavy (non-hydrogen) atoms. The standard InChI is InChI=1S/C12H22N2O4Si2/c1-16-11(15)9-8-13-12(18-20(5,6)7)14-10(9)17-19(2,3)4/h8H,1-7H3. The van der Waals surface area contributed by atoms with Gasteiger partial charge in [-0.15, -0.1) is 0 Å². The molecule has 0 N–H and O–H groups in total. The quantitative estimate of drug-likeness (QED) is 0.615. The summed E-state index contributed by atoms with van der Waals surface area (Å²) >= 11 is 0. The minimum atomic E-state index is -1.91. The molecule has 6 nitrogen and oxygen atoms in total. The lowest BCUT2D eigenvalue weighted by Crippen LogP contribution is -2.32. The molecule has 1 aromatic rings. The van der Waals surface area contributed by atoms with E-state index in [1.54, 1.807) is 0 Å². The van der Waals surface area contributed by atoms with Crippen LogP contribution < -0.4 is 8.85 Å². The summed E-state index contributed by atoms with van der Waals surface area (Å²) in [6, 6.07) is 0.241. The first-order valence-electron chi connectivity index (χ1n) is 6.35. The Morgan fingerprint density at radius 1 is 1.05 bits per heavy atom. The topological polar surface area (TPSA) is 70.5 Å². The lowest BCUT2D eigenvalue weighted by Gasteiger charge is -2.22. The maximum absolute atomic E-state index is 11.7. The van der Waals surface area contributed by atoms with E-state index in [0.717, 1.165) is 0 Å². The highest BCUT2D eigenvalue weighted by atomic mass is 28.4. The number of carbonyl (C=O) groups is 1. The third-order valence-electron chi connectivity index (χ3n) is 1.94. The predicted octanol–water partition coefficient (Wildman–Crippen LogP) is 2.69. The summed E-state index contributed by atoms with van der Waals surface area (Å²) in [5.74, 6) is -0.280. The second kappa shape index (κ2) is 5.92. The minimum Gasteiger partial charge on any atom is -0.531 e. The number of hydrogen-bond acceptors (Lipinski definition) is 6. The lowest BCUT2D eigenvalue weighted by molar-refractivity contribution is 0.0597. The third kappa shape index (κ3) is 5.29. The number of nitrogens with zero attached hydrogens (tertiary/aromatic N) is 2. The second-order valence-electron chi connectivity index (χ2n) is 6.29. The van der Waals surface area contributed by atoms with Crippen LogP contribution >= 0.6 is 0 Å². The van der Waals surface area contributed by atoms with E-state index in [4.69, 9.17) is 13.6 Å². The zero-order chi connectivity index (χ0) is 15.6. The summed E-state index contributed by atoms with van der Waals surface area (Å²) in [6.07, 6.45) is 1.39. The number of aromatic nitrogens is 2. The molecule has 0 aliphatic carbocycles. The first kappa shape index (κ1) is 16.6. The smallest absolute Gasteiger partial charge is 0.344 e. The molecular weight excluding hydrogens is 292 g/mol. The first-order valence-corrected chi connectivity index (χ1v) is 13.2. The third-order valence-corrected chi connectivity index (χ3v) is 3.54. The van der Waals surface area contributed by atoms with Gasteiger partial charge >= 0.3 is 12.0 Å². The van der Waals surface area contributed by atoms with Crippen LogP contribution in [0.3, 0.4) is 0 Å². The highest BCUT2D eigenvalue weighted by Gasteiger charge is 2.25. The van der Waals surface area contributed by atoms with Gasteiger partial charge in [-0.2, -0.15) is 4.98 Å². The molecule has 0 saturated carbocycles. The van der Waals surface area contributed by atoms with Crippen LogP contribution in [-0.4, -0.2) is 39.7 Å². The second-order valence-corrected chi connectivity index (χ2v) is 15.1. The van der Waals surface area contributed by atoms with Crippen molar-refractivity contribution in [3.63, 3.8) is 0 Å². The van der Waals surface area contributed by atoms with Crippen LogP contribution in [-0.2, 0) is 4.74 Å². The molecule has 1 heterocycles. The molecular formula is C12H22N2O4Si2. The van der Waals surface area contributed by atoms with E-state index in [-0.39, 0.29) is 17.5 Å². The van der Waals surface area contributed by atoms with Gasteiger partial charge in [0.15, 0.2) is 0 Å². The Morgan fingerprint density at radius 3 is 2.05 bits per heavy atom. The Labute approximate surface area is 121 Å². The summed E-state index contributed by atoms with van der Waals surface area (Å²) in [6.45, 7) is 12.1. The summed E-state index contributed by atoms with van der Waals surface area (Å²) in [7, 11) is -2.42. The number of esters is 1. The molecule has 0 radical (unpaired) electrons. The number of ether oxygens (including phenoxy) is 1. The van der Waals surface area contributed by atoms with Gasteiger partial charge < -0.3 is 13.6 Å². The minimum absolute atomic E-state index is 0.220. The van der Waals surface area contributed by atoms with Crippen LogP contribution in [0.1, 0.15) is 10.4 Å². The van der Waals surface area contributed by atoms with Crippen LogP contribution in [0.4, 0.5) is 0 Å². The van der Waals surface area contributed by atoms with E-state index >= 15 is 0 Å². The molecule has 8 heteroatoms. The normalized spacial score (nSPS) is 11.9. The van der Waals surface area contributed by atoms with Gasteiger partial charge in [0, 0.05) is 0 Å². The first-order chi connectivity index (χ1) is 9.02. The van der Waals surface area contributed by atoms with Crippen LogP contribution in [0, 0.1) is 0 Å². The summed E-state index contributed by atoms with van der Waals surface area (Å²) in [4.78, 5) is 20.0. The van der Waals surface area contributed by atoms with Crippen molar-refractivity contribution in [1.82, 2.24) is 9.97 Å². The zero-order valence-electron chi connectivity index (χ0n) is 13.1. The fourth-order valence-electron chi connectivity index (χ4n) is 1.29. The van der Waals surface area contributed by atoms with Crippen molar-refractivity contribution in [3.8, 4) is 11.9 Å². The molecule has 0 aromatic carbocycles. The number of hydrogen-bond donors (Lipinski definition) is 0. The van der Waals surface area contributed by atoms with Crippen LogP contribution in [0.15, 0.2) is 6.20 Å². The van der Waals surface area contributed by atoms with E-state index in [1.807, 2.05) is 39.3 Å². The Bertz CT molecular complexity index is 495. The lowest BCUT2D eigenvalue weighted by atomic mass is 10.3. The van der Waals surface area contributed by atoms with E-state index in [0.29, 0.717) is 0 Å². The van der Waals surface area contributed by atoms with Crippen molar-refractivity contribution in [3.05, 3.63) is 11.8 Å². The Balaban J connectivity index is 3.18. The zero-order valence-corrected chi connectivity index (χ0v) is 15.1. The average molecular weight is 314 g/mol. The molecule has 0 fully saturated rings. The maximum atomic E-state index is 11.7. The highest BCUT2D eigenvalue weighted by Crippen LogP contribution is 2.23. The summed E-state index contributed by atoms with van der Waals surface area (Å²) in [5.41, 5.74) is 0.220. The van der Waals surface area contributed by atoms with Gasteiger partial charge in [0.05, 0.1) is 13.3 Å². The van der Waals surface area contributed by atoms with Gasteiger partial charge in [-0.3, -0.25) is 0 Å². The number of methoxy groups -OCH3 is 1. The van der Waals surface area contributed by atoms with Crippen LogP contribution in [0.25, 0.3) is 0 Å². The van der Waals surface area contributed by atoms with Crippen molar-refractivity contribution in [2.75, 3.05) is 7.11 Å². The molecule has 1 aromatic heterocycles. The Morgan fingerprint density at radius 2 is 1.60 bits per heavy atom. The number of carbonyl (C=O) groups excluding carboxylic acids is 1. The summed E-state index contributed by atoms with van der Waals surface area (Å²) < 4.78 is 16.3. The molecule has 0 unspecified atom stereocenters. The van der Waals surface area contributed by atoms with Gasteiger partial charge in [0.25, 0.3) is 0 Å². The predicted molar refractivity (Wildman–Crippen MR) is 81.3 cm³/mol. The van der Waals surface area contributed by atoms with Crippen molar-refractivity contribution < 1.29 is 18.4 Å². The van der Waals surface area contributed by atoms with E-state index in [2.05, 4.69) is 9.97 Å². The average Bonchev–Trinajstić information content (AvgIpc) is 2.24. The molecule has 0 spiro atoms. The Kier molecular flexibility index (Phi) is 4.92. The van der Waals surface area contributed by atoms with Crippen LogP contribution in [0.2, 0.25) is 39.3 Å². The van der Waals surface area contributed by atoms with Gasteiger partial charge in [0.2, 0.25) is 22.5 Å². The molecule has 0 aliphatic rings. The largest absolute Gasteiger partial charge is 0.531 e. The van der Waals surface area contributed by atoms with Crippen molar-refractivity contribution >= 4 is 22.6 Å². The number of rotatable bonds is 5. The maximum Gasteiger partial charge on any atom is 0.344 e. The molecule has 0 aliphatic heterocycles. The highest BCUT2D eigenvalue weighted by molar-refractivity contribution is 6.70. The molecule has 0 amide bonds. The summed E-state index contributed by atoms with van der Waals surface area (Å²) in [5, 5.41) is 0. The fraction of sp³-hybridized carbons (Fsp3) is 0.583. The monoisotopic (exact) mass is 314 g/mol. The molecule has 112 valence electrons. The SMILES string of the molecule is COC(=O)c1cnc(O[Si](C)(C)C)nc1O[Si](C)(C)C. The van der Waals surface area contributed by atoms with Gasteiger partial charge in [-0.05, 0) is 39.3 Å². The van der Waals surface area contributed by atoms with E-state index < -0.39 is 22.6 Å². The van der Waals surface area contributed by atoms with Gasteiger partial charge in [0.1, 0.15) is 5.56 Å². The molecule has 0 atom stereocenters. The van der Waals surface area contributed by atoms with Crippen molar-refractivity contribution in [2.24, 2.45) is 0 Å². The molecule has 0 bridgehead atoms. The van der Waals surface area contributed by atoms with Gasteiger partial charge in [-0.25, -0.2) is 9.78 Å². The van der Waals surface area contributed by atoms with Crippen molar-refractivity contribution in [2.45, 2.75) is 39.3 Å². The fourth-order valence-corrected chi connectivity index (χ4v) is 2.67. The molecule has 1 rings (SSSR count). The van der Waals surface area contributed by atoms with Gasteiger partial charge in [-0.1, -0.05) is 0 Å². The van der Waals surface area contributed by atoms with E-state index in [9.17, 15) is 4.79 Å². The Hall–Kier alpha value is -1.42. The van der Waals surface area contributed by atoms with E-state index in [1.165, 1.54) is 13.3 Å². The van der Waals surface area contributed by atoms with Crippen LogP contribution in [0.5, 0.6) is 11.9 Å².